The molecule has 4 rings (SSSR count). The molecule has 0 bridgehead atoms. The second-order valence-corrected chi connectivity index (χ2v) is 7.50. The molecule has 0 spiro atoms. The van der Waals surface area contributed by atoms with Gasteiger partial charge in [0.2, 0.25) is 5.88 Å². The predicted octanol–water partition coefficient (Wildman–Crippen LogP) is 3.44. The lowest BCUT2D eigenvalue weighted by molar-refractivity contribution is 0.388. The van der Waals surface area contributed by atoms with Gasteiger partial charge in [0.05, 0.1) is 32.2 Å². The van der Waals surface area contributed by atoms with E-state index in [4.69, 9.17) is 19.9 Å². The van der Waals surface area contributed by atoms with Gasteiger partial charge in [-0.3, -0.25) is 4.79 Å². The highest BCUT2D eigenvalue weighted by atomic mass is 16.5. The van der Waals surface area contributed by atoms with Crippen LogP contribution in [0.15, 0.2) is 70.8 Å². The number of aryl methyl sites for hydroxylation is 1. The number of ether oxygens (including phenoxy) is 3. The molecule has 1 unspecified atom stereocenters. The second-order valence-electron chi connectivity index (χ2n) is 7.50. The summed E-state index contributed by atoms with van der Waals surface area (Å²) in [5.41, 5.74) is 8.87. The minimum Gasteiger partial charge on any atom is -0.497 e. The van der Waals surface area contributed by atoms with Crippen LogP contribution < -0.4 is 25.5 Å². The highest BCUT2D eigenvalue weighted by Crippen LogP contribution is 2.40. The zero-order valence-electron chi connectivity index (χ0n) is 18.1. The Balaban J connectivity index is 1.85. The molecule has 0 saturated heterocycles. The van der Waals surface area contributed by atoms with Gasteiger partial charge in [0.25, 0.3) is 5.56 Å². The molecule has 1 aliphatic rings. The number of methoxy groups -OCH3 is 2. The van der Waals surface area contributed by atoms with Crippen molar-refractivity contribution in [3.63, 3.8) is 0 Å². The third kappa shape index (κ3) is 3.67. The Hall–Kier alpha value is -4.18. The molecular weight excluding hydrogens is 406 g/mol. The summed E-state index contributed by atoms with van der Waals surface area (Å²) in [6.45, 7) is 2.22. The van der Waals surface area contributed by atoms with Crippen LogP contribution in [0.4, 0.5) is 0 Å². The van der Waals surface area contributed by atoms with Crippen molar-refractivity contribution in [1.29, 1.82) is 5.26 Å². The predicted molar refractivity (Wildman–Crippen MR) is 120 cm³/mol. The van der Waals surface area contributed by atoms with Crippen LogP contribution in [0.2, 0.25) is 0 Å². The molecular formula is C25H23N3O4. The molecule has 0 aliphatic carbocycles. The van der Waals surface area contributed by atoms with E-state index in [2.05, 4.69) is 6.07 Å². The van der Waals surface area contributed by atoms with E-state index in [1.54, 1.807) is 37.0 Å². The second kappa shape index (κ2) is 8.52. The number of benzene rings is 2. The molecule has 2 aromatic carbocycles. The fourth-order valence-electron chi connectivity index (χ4n) is 3.93. The van der Waals surface area contributed by atoms with Gasteiger partial charge >= 0.3 is 0 Å². The SMILES string of the molecule is COc1ccc(Cn2c(C)cc3c(c2=O)C(c2ccc(OC)cc2)C(C#N)=C(N)O3)cc1. The molecule has 1 aromatic heterocycles. The highest BCUT2D eigenvalue weighted by Gasteiger charge is 2.34. The molecule has 2 N–H and O–H groups in total. The fourth-order valence-corrected chi connectivity index (χ4v) is 3.93. The summed E-state index contributed by atoms with van der Waals surface area (Å²) in [7, 11) is 3.19. The standard InChI is InChI=1S/C25H23N3O4/c1-15-12-21-23(25(29)28(15)14-16-4-8-18(30-2)9-5-16)22(20(13-26)24(27)32-21)17-6-10-19(31-3)11-7-17/h4-12,22H,14,27H2,1-3H3. The first-order valence-corrected chi connectivity index (χ1v) is 10.1. The Bertz CT molecular complexity index is 1280. The third-order valence-electron chi connectivity index (χ3n) is 5.64. The number of rotatable bonds is 5. The minimum atomic E-state index is -0.634. The molecule has 2 heterocycles. The molecule has 1 atom stereocenters. The molecule has 7 nitrogen and oxygen atoms in total. The fraction of sp³-hybridized carbons (Fsp3) is 0.200. The molecule has 0 amide bonds. The van der Waals surface area contributed by atoms with Gasteiger partial charge in [-0.1, -0.05) is 24.3 Å². The quantitative estimate of drug-likeness (QED) is 0.667. The summed E-state index contributed by atoms with van der Waals surface area (Å²) in [5.74, 6) is 1.17. The molecule has 0 saturated carbocycles. The maximum atomic E-state index is 13.7. The maximum Gasteiger partial charge on any atom is 0.259 e. The Morgan fingerprint density at radius 3 is 2.22 bits per heavy atom. The number of fused-ring (bicyclic) bond motifs is 1. The summed E-state index contributed by atoms with van der Waals surface area (Å²) in [6, 6.07) is 18.7. The Morgan fingerprint density at radius 1 is 1.06 bits per heavy atom. The average molecular weight is 429 g/mol. The van der Waals surface area contributed by atoms with Crippen molar-refractivity contribution in [2.24, 2.45) is 5.73 Å². The van der Waals surface area contributed by atoms with Gasteiger partial charge in [0.1, 0.15) is 28.9 Å². The summed E-state index contributed by atoms with van der Waals surface area (Å²) < 4.78 is 17.8. The number of nitriles is 1. The van der Waals surface area contributed by atoms with Crippen molar-refractivity contribution in [3.05, 3.63) is 98.8 Å². The van der Waals surface area contributed by atoms with E-state index in [1.807, 2.05) is 43.3 Å². The van der Waals surface area contributed by atoms with Crippen molar-refractivity contribution in [1.82, 2.24) is 4.57 Å². The number of hydrogen-bond acceptors (Lipinski definition) is 6. The van der Waals surface area contributed by atoms with E-state index in [0.717, 1.165) is 22.6 Å². The Labute approximate surface area is 185 Å². The van der Waals surface area contributed by atoms with Crippen LogP contribution in [0.3, 0.4) is 0 Å². The first-order chi connectivity index (χ1) is 15.5. The van der Waals surface area contributed by atoms with Crippen molar-refractivity contribution >= 4 is 0 Å². The summed E-state index contributed by atoms with van der Waals surface area (Å²) >= 11 is 0. The zero-order valence-corrected chi connectivity index (χ0v) is 18.1. The van der Waals surface area contributed by atoms with Gasteiger partial charge in [-0.2, -0.15) is 5.26 Å². The van der Waals surface area contributed by atoms with Crippen molar-refractivity contribution < 1.29 is 14.2 Å². The summed E-state index contributed by atoms with van der Waals surface area (Å²) in [5, 5.41) is 9.81. The van der Waals surface area contributed by atoms with Crippen LogP contribution >= 0.6 is 0 Å². The molecule has 0 fully saturated rings. The van der Waals surface area contributed by atoms with E-state index in [9.17, 15) is 10.1 Å². The first-order valence-electron chi connectivity index (χ1n) is 10.1. The van der Waals surface area contributed by atoms with E-state index < -0.39 is 5.92 Å². The molecule has 162 valence electrons. The van der Waals surface area contributed by atoms with Crippen LogP contribution in [0.25, 0.3) is 0 Å². The molecule has 7 heteroatoms. The topological polar surface area (TPSA) is 99.5 Å². The number of allylic oxidation sites excluding steroid dienone is 1. The normalized spacial score (nSPS) is 14.9. The number of aromatic nitrogens is 1. The number of nitrogens with zero attached hydrogens (tertiary/aromatic N) is 2. The van der Waals surface area contributed by atoms with Gasteiger partial charge in [-0.15, -0.1) is 0 Å². The zero-order chi connectivity index (χ0) is 22.8. The highest BCUT2D eigenvalue weighted by molar-refractivity contribution is 5.55. The lowest BCUT2D eigenvalue weighted by atomic mass is 9.84. The average Bonchev–Trinajstić information content (AvgIpc) is 2.81. The van der Waals surface area contributed by atoms with Gasteiger partial charge in [0, 0.05) is 11.8 Å². The van der Waals surface area contributed by atoms with E-state index in [1.165, 1.54) is 0 Å². The van der Waals surface area contributed by atoms with Crippen LogP contribution in [0, 0.1) is 18.3 Å². The first kappa shape index (κ1) is 21.1. The van der Waals surface area contributed by atoms with E-state index >= 15 is 0 Å². The monoisotopic (exact) mass is 429 g/mol. The molecule has 0 radical (unpaired) electrons. The smallest absolute Gasteiger partial charge is 0.259 e. The van der Waals surface area contributed by atoms with Gasteiger partial charge in [0.15, 0.2) is 0 Å². The van der Waals surface area contributed by atoms with Crippen LogP contribution in [0.1, 0.15) is 28.3 Å². The van der Waals surface area contributed by atoms with Crippen LogP contribution in [-0.4, -0.2) is 18.8 Å². The van der Waals surface area contributed by atoms with E-state index in [0.29, 0.717) is 23.6 Å². The third-order valence-corrected chi connectivity index (χ3v) is 5.64. The van der Waals surface area contributed by atoms with Crippen molar-refractivity contribution in [3.8, 4) is 23.3 Å². The molecule has 32 heavy (non-hydrogen) atoms. The maximum absolute atomic E-state index is 13.7. The molecule has 1 aliphatic heterocycles. The van der Waals surface area contributed by atoms with E-state index in [-0.39, 0.29) is 17.0 Å². The largest absolute Gasteiger partial charge is 0.497 e. The Kier molecular flexibility index (Phi) is 5.61. The summed E-state index contributed by atoms with van der Waals surface area (Å²) in [4.78, 5) is 13.7. The van der Waals surface area contributed by atoms with Gasteiger partial charge in [-0.05, 0) is 42.3 Å². The lowest BCUT2D eigenvalue weighted by Crippen LogP contribution is -2.33. The van der Waals surface area contributed by atoms with Crippen molar-refractivity contribution in [2.75, 3.05) is 14.2 Å². The number of nitrogens with two attached hydrogens (primary N) is 1. The van der Waals surface area contributed by atoms with Gasteiger partial charge in [-0.25, -0.2) is 0 Å². The Morgan fingerprint density at radius 2 is 1.66 bits per heavy atom. The van der Waals surface area contributed by atoms with Crippen LogP contribution in [-0.2, 0) is 6.54 Å². The van der Waals surface area contributed by atoms with Crippen LogP contribution in [0.5, 0.6) is 17.2 Å². The number of pyridine rings is 1. The lowest BCUT2D eigenvalue weighted by Gasteiger charge is -2.27. The summed E-state index contributed by atoms with van der Waals surface area (Å²) in [6.07, 6.45) is 0. The number of hydrogen-bond donors (Lipinski definition) is 1. The van der Waals surface area contributed by atoms with Gasteiger partial charge < -0.3 is 24.5 Å². The minimum absolute atomic E-state index is 0.00697. The van der Waals surface area contributed by atoms with Crippen molar-refractivity contribution in [2.45, 2.75) is 19.4 Å². The molecule has 3 aromatic rings.